The van der Waals surface area contributed by atoms with E-state index in [0.717, 1.165) is 22.2 Å². The zero-order valence-electron chi connectivity index (χ0n) is 9.46. The highest BCUT2D eigenvalue weighted by Crippen LogP contribution is 2.23. The van der Waals surface area contributed by atoms with Gasteiger partial charge in [0.05, 0.1) is 6.07 Å². The molecule has 0 aliphatic heterocycles. The van der Waals surface area contributed by atoms with Crippen LogP contribution in [0.2, 0.25) is 5.02 Å². The third-order valence-electron chi connectivity index (χ3n) is 2.15. The van der Waals surface area contributed by atoms with Gasteiger partial charge in [-0.1, -0.05) is 18.5 Å². The maximum atomic E-state index is 9.09. The summed E-state index contributed by atoms with van der Waals surface area (Å²) in [6.45, 7) is 4.72. The molecule has 1 rings (SSSR count). The molecule has 4 heteroatoms. The molecule has 0 fully saturated rings. The van der Waals surface area contributed by atoms with Crippen LogP contribution in [0.25, 0.3) is 0 Å². The highest BCUT2D eigenvalue weighted by Gasteiger charge is 2.22. The molecule has 0 amide bonds. The van der Waals surface area contributed by atoms with Gasteiger partial charge in [0.1, 0.15) is 5.54 Å². The summed E-state index contributed by atoms with van der Waals surface area (Å²) >= 11 is 7.46. The minimum Gasteiger partial charge on any atom is -0.299 e. The standard InChI is InChI=1S/C12H15ClN2S/c1-3-15-12(2,8-14)9-16-11-6-4-10(13)5-7-11/h4-7,15H,3,9H2,1-2H3. The van der Waals surface area contributed by atoms with E-state index in [1.807, 2.05) is 38.1 Å². The van der Waals surface area contributed by atoms with Crippen molar-refractivity contribution in [2.24, 2.45) is 0 Å². The van der Waals surface area contributed by atoms with Crippen molar-refractivity contribution in [3.05, 3.63) is 29.3 Å². The molecule has 0 radical (unpaired) electrons. The molecule has 0 bridgehead atoms. The summed E-state index contributed by atoms with van der Waals surface area (Å²) in [5, 5.41) is 13.0. The highest BCUT2D eigenvalue weighted by atomic mass is 35.5. The van der Waals surface area contributed by atoms with Crippen molar-refractivity contribution in [2.75, 3.05) is 12.3 Å². The van der Waals surface area contributed by atoms with Crippen molar-refractivity contribution in [3.63, 3.8) is 0 Å². The highest BCUT2D eigenvalue weighted by molar-refractivity contribution is 7.99. The van der Waals surface area contributed by atoms with E-state index in [9.17, 15) is 0 Å². The lowest BCUT2D eigenvalue weighted by Gasteiger charge is -2.21. The summed E-state index contributed by atoms with van der Waals surface area (Å²) in [5.41, 5.74) is -0.473. The van der Waals surface area contributed by atoms with Gasteiger partial charge in [0, 0.05) is 15.7 Å². The van der Waals surface area contributed by atoms with Gasteiger partial charge < -0.3 is 0 Å². The Hall–Kier alpha value is -0.690. The van der Waals surface area contributed by atoms with Gasteiger partial charge in [0.2, 0.25) is 0 Å². The number of hydrogen-bond acceptors (Lipinski definition) is 3. The molecular weight excluding hydrogens is 240 g/mol. The van der Waals surface area contributed by atoms with Crippen LogP contribution in [0, 0.1) is 11.3 Å². The maximum Gasteiger partial charge on any atom is 0.113 e. The van der Waals surface area contributed by atoms with E-state index in [4.69, 9.17) is 16.9 Å². The molecule has 1 unspecified atom stereocenters. The van der Waals surface area contributed by atoms with Crippen LogP contribution in [0.1, 0.15) is 13.8 Å². The van der Waals surface area contributed by atoms with Crippen molar-refractivity contribution >= 4 is 23.4 Å². The average Bonchev–Trinajstić information content (AvgIpc) is 2.29. The van der Waals surface area contributed by atoms with Crippen LogP contribution < -0.4 is 5.32 Å². The molecule has 0 saturated carbocycles. The number of nitriles is 1. The van der Waals surface area contributed by atoms with E-state index < -0.39 is 5.54 Å². The van der Waals surface area contributed by atoms with Crippen molar-refractivity contribution in [1.82, 2.24) is 5.32 Å². The van der Waals surface area contributed by atoms with E-state index in [1.165, 1.54) is 0 Å². The minimum absolute atomic E-state index is 0.473. The zero-order chi connectivity index (χ0) is 12.0. The lowest BCUT2D eigenvalue weighted by molar-refractivity contribution is 0.511. The number of thioether (sulfide) groups is 1. The number of nitrogens with one attached hydrogen (secondary N) is 1. The Kier molecular flexibility index (Phi) is 5.14. The quantitative estimate of drug-likeness (QED) is 0.819. The van der Waals surface area contributed by atoms with Crippen molar-refractivity contribution < 1.29 is 0 Å². The summed E-state index contributed by atoms with van der Waals surface area (Å²) in [5.74, 6) is 0.721. The minimum atomic E-state index is -0.473. The summed E-state index contributed by atoms with van der Waals surface area (Å²) in [4.78, 5) is 1.13. The van der Waals surface area contributed by atoms with Crippen LogP contribution in [0.3, 0.4) is 0 Å². The first-order valence-corrected chi connectivity index (χ1v) is 6.50. The van der Waals surface area contributed by atoms with Crippen LogP contribution in [-0.2, 0) is 0 Å². The number of benzene rings is 1. The zero-order valence-corrected chi connectivity index (χ0v) is 11.0. The van der Waals surface area contributed by atoms with Crippen LogP contribution >= 0.6 is 23.4 Å². The maximum absolute atomic E-state index is 9.09. The second-order valence-corrected chi connectivity index (χ2v) is 5.20. The molecule has 0 aliphatic carbocycles. The number of nitrogens with zero attached hydrogens (tertiary/aromatic N) is 1. The lowest BCUT2D eigenvalue weighted by atomic mass is 10.1. The summed E-state index contributed by atoms with van der Waals surface area (Å²) in [6, 6.07) is 9.96. The fraction of sp³-hybridized carbons (Fsp3) is 0.417. The topological polar surface area (TPSA) is 35.8 Å². The lowest BCUT2D eigenvalue weighted by Crippen LogP contribution is -2.43. The van der Waals surface area contributed by atoms with Gasteiger partial charge in [-0.05, 0) is 37.7 Å². The normalized spacial score (nSPS) is 14.1. The van der Waals surface area contributed by atoms with Gasteiger partial charge in [-0.2, -0.15) is 5.26 Å². The largest absolute Gasteiger partial charge is 0.299 e. The molecule has 1 aromatic carbocycles. The first-order chi connectivity index (χ1) is 7.59. The monoisotopic (exact) mass is 254 g/mol. The average molecular weight is 255 g/mol. The number of halogens is 1. The second-order valence-electron chi connectivity index (χ2n) is 3.72. The molecule has 1 aromatic rings. The molecule has 86 valence electrons. The molecule has 16 heavy (non-hydrogen) atoms. The summed E-state index contributed by atoms with van der Waals surface area (Å²) < 4.78 is 0. The molecule has 0 heterocycles. The molecule has 0 aromatic heterocycles. The Morgan fingerprint density at radius 3 is 2.56 bits per heavy atom. The van der Waals surface area contributed by atoms with E-state index in [0.29, 0.717) is 0 Å². The fourth-order valence-electron chi connectivity index (χ4n) is 1.27. The van der Waals surface area contributed by atoms with Gasteiger partial charge in [-0.25, -0.2) is 0 Å². The van der Waals surface area contributed by atoms with E-state index in [2.05, 4.69) is 11.4 Å². The molecule has 0 saturated heterocycles. The third-order valence-corrected chi connectivity index (χ3v) is 3.73. The van der Waals surface area contributed by atoms with Gasteiger partial charge in [-0.15, -0.1) is 11.8 Å². The molecule has 0 aliphatic rings. The Morgan fingerprint density at radius 1 is 1.44 bits per heavy atom. The summed E-state index contributed by atoms with van der Waals surface area (Å²) in [6.07, 6.45) is 0. The van der Waals surface area contributed by atoms with Gasteiger partial charge in [0.15, 0.2) is 0 Å². The number of hydrogen-bond donors (Lipinski definition) is 1. The fourth-order valence-corrected chi connectivity index (χ4v) is 2.35. The first-order valence-electron chi connectivity index (χ1n) is 5.14. The smallest absolute Gasteiger partial charge is 0.113 e. The third kappa shape index (κ3) is 4.05. The first kappa shape index (κ1) is 13.4. The number of rotatable bonds is 5. The molecular formula is C12H15ClN2S. The molecule has 0 spiro atoms. The molecule has 1 atom stereocenters. The van der Waals surface area contributed by atoms with Crippen LogP contribution in [0.4, 0.5) is 0 Å². The van der Waals surface area contributed by atoms with E-state index in [1.54, 1.807) is 11.8 Å². The Labute approximate surface area is 106 Å². The predicted molar refractivity (Wildman–Crippen MR) is 69.9 cm³/mol. The van der Waals surface area contributed by atoms with Gasteiger partial charge in [-0.3, -0.25) is 5.32 Å². The SMILES string of the molecule is CCNC(C)(C#N)CSc1ccc(Cl)cc1. The molecule has 1 N–H and O–H groups in total. The van der Waals surface area contributed by atoms with Crippen molar-refractivity contribution in [2.45, 2.75) is 24.3 Å². The van der Waals surface area contributed by atoms with Gasteiger partial charge in [0.25, 0.3) is 0 Å². The van der Waals surface area contributed by atoms with Gasteiger partial charge >= 0.3 is 0 Å². The van der Waals surface area contributed by atoms with Crippen molar-refractivity contribution in [1.29, 1.82) is 5.26 Å². The van der Waals surface area contributed by atoms with Crippen LogP contribution in [0.15, 0.2) is 29.2 Å². The van der Waals surface area contributed by atoms with Crippen molar-refractivity contribution in [3.8, 4) is 6.07 Å². The van der Waals surface area contributed by atoms with Crippen LogP contribution in [-0.4, -0.2) is 17.8 Å². The summed E-state index contributed by atoms with van der Waals surface area (Å²) in [7, 11) is 0. The Balaban J connectivity index is 2.56. The van der Waals surface area contributed by atoms with E-state index >= 15 is 0 Å². The second kappa shape index (κ2) is 6.15. The molecule has 2 nitrogen and oxygen atoms in total. The predicted octanol–water partition coefficient (Wildman–Crippen LogP) is 3.32. The van der Waals surface area contributed by atoms with Crippen LogP contribution in [0.5, 0.6) is 0 Å². The Morgan fingerprint density at radius 2 is 2.06 bits per heavy atom. The van der Waals surface area contributed by atoms with E-state index in [-0.39, 0.29) is 0 Å². The Bertz CT molecular complexity index is 372.